The Balaban J connectivity index is 0.812. The molecule has 3 unspecified atom stereocenters. The van der Waals surface area contributed by atoms with Gasteiger partial charge in [0.25, 0.3) is 0 Å². The molecule has 1 fully saturated rings. The standard InChI is InChI=1S/C46H40N5O14P3S/c52-66(53,60-25-26-69(58,59)40-24-22-33-20-19-31-11-10-12-32-21-23-37(40)43(33)42(31)32)64-68(56,57)65-67(54,55)61-28-39-38(62-36-17-8-3-9-18-36)27-41(63-39)50-30-49-44-45(50)47-29-48-46(44)51(34-13-4-1-5-14-34)35-15-6-2-7-16-35/h1-24,29-30,38-39,41H,25-28H2,(H,52,53)(H,54,55)(H,56,57)/t38-,39-,41-/m1/s1. The number of fused-ring (bicyclic) bond motifs is 1. The second kappa shape index (κ2) is 18.8. The molecule has 23 heteroatoms. The molecule has 1 saturated heterocycles. The van der Waals surface area contributed by atoms with Crippen LogP contribution >= 0.6 is 23.5 Å². The van der Waals surface area contributed by atoms with E-state index in [4.69, 9.17) is 18.5 Å². The van der Waals surface area contributed by atoms with Crippen molar-refractivity contribution in [1.29, 1.82) is 0 Å². The van der Waals surface area contributed by atoms with Crippen LogP contribution < -0.4 is 9.64 Å². The van der Waals surface area contributed by atoms with E-state index in [1.807, 2.05) is 95.9 Å². The summed E-state index contributed by atoms with van der Waals surface area (Å²) in [5, 5.41) is 4.67. The molecule has 6 atom stereocenters. The molecule has 3 N–H and O–H groups in total. The number of para-hydroxylation sites is 3. The zero-order valence-corrected chi connectivity index (χ0v) is 39.4. The lowest BCUT2D eigenvalue weighted by molar-refractivity contribution is -0.0385. The maximum atomic E-state index is 13.6. The molecule has 1 aliphatic rings. The molecule has 19 nitrogen and oxygen atoms in total. The number of aromatic nitrogens is 4. The smallest absolute Gasteiger partial charge is 0.487 e. The second-order valence-electron chi connectivity index (χ2n) is 15.8. The van der Waals surface area contributed by atoms with Crippen LogP contribution in [-0.2, 0) is 45.9 Å². The summed E-state index contributed by atoms with van der Waals surface area (Å²) in [7, 11) is -21.3. The third kappa shape index (κ3) is 9.94. The van der Waals surface area contributed by atoms with Gasteiger partial charge in [0.2, 0.25) is 0 Å². The van der Waals surface area contributed by atoms with E-state index in [0.29, 0.717) is 28.1 Å². The molecule has 0 spiro atoms. The number of phosphoric acid groups is 3. The van der Waals surface area contributed by atoms with Gasteiger partial charge in [-0.05, 0) is 69.4 Å². The molecular formula is C46H40N5O14P3S. The van der Waals surface area contributed by atoms with Crippen molar-refractivity contribution in [2.75, 3.05) is 23.9 Å². The number of imidazole rings is 1. The van der Waals surface area contributed by atoms with Crippen molar-refractivity contribution in [3.8, 4) is 5.75 Å². The van der Waals surface area contributed by atoms with Crippen LogP contribution in [0.1, 0.15) is 12.6 Å². The molecule has 0 radical (unpaired) electrons. The average Bonchev–Trinajstić information content (AvgIpc) is 3.95. The molecule has 0 bridgehead atoms. The number of ether oxygens (including phenoxy) is 2. The number of benzene rings is 7. The average molecular weight is 1010 g/mol. The molecule has 0 aliphatic carbocycles. The highest BCUT2D eigenvalue weighted by molar-refractivity contribution is 7.91. The minimum atomic E-state index is -5.94. The van der Waals surface area contributed by atoms with Gasteiger partial charge in [-0.1, -0.05) is 103 Å². The number of nitrogens with zero attached hydrogens (tertiary/aromatic N) is 5. The van der Waals surface area contributed by atoms with Crippen LogP contribution in [0.4, 0.5) is 17.2 Å². The Hall–Kier alpha value is -5.95. The van der Waals surface area contributed by atoms with Crippen molar-refractivity contribution < 1.29 is 63.9 Å². The van der Waals surface area contributed by atoms with E-state index >= 15 is 0 Å². The fourth-order valence-electron chi connectivity index (χ4n) is 8.42. The van der Waals surface area contributed by atoms with Crippen LogP contribution in [0.3, 0.4) is 0 Å². The van der Waals surface area contributed by atoms with Crippen LogP contribution in [0.15, 0.2) is 163 Å². The van der Waals surface area contributed by atoms with Gasteiger partial charge in [-0.25, -0.2) is 37.1 Å². The summed E-state index contributed by atoms with van der Waals surface area (Å²) in [5.74, 6) is 0.0563. The van der Waals surface area contributed by atoms with Crippen molar-refractivity contribution in [3.05, 3.63) is 158 Å². The Morgan fingerprint density at radius 3 is 1.93 bits per heavy atom. The second-order valence-corrected chi connectivity index (χ2v) is 22.5. The molecule has 2 aromatic heterocycles. The third-order valence-corrected chi connectivity index (χ3v) is 17.4. The van der Waals surface area contributed by atoms with Crippen LogP contribution in [0, 0.1) is 0 Å². The maximum Gasteiger partial charge on any atom is 0.490 e. The van der Waals surface area contributed by atoms with Gasteiger partial charge in [-0.2, -0.15) is 8.62 Å². The van der Waals surface area contributed by atoms with Crippen molar-refractivity contribution in [3.63, 3.8) is 0 Å². The van der Waals surface area contributed by atoms with E-state index in [1.165, 1.54) is 18.7 Å². The molecule has 0 saturated carbocycles. The molecule has 354 valence electrons. The molecule has 0 amide bonds. The van der Waals surface area contributed by atoms with E-state index < -0.39 is 70.7 Å². The summed E-state index contributed by atoms with van der Waals surface area (Å²) in [6, 6.07) is 43.9. The topological polar surface area (TPSA) is 248 Å². The minimum absolute atomic E-state index is 0.0652. The highest BCUT2D eigenvalue weighted by Gasteiger charge is 2.45. The summed E-state index contributed by atoms with van der Waals surface area (Å²) < 4.78 is 98.8. The van der Waals surface area contributed by atoms with Gasteiger partial charge < -0.3 is 24.2 Å². The predicted octanol–water partition coefficient (Wildman–Crippen LogP) is 9.77. The number of hydrogen-bond donors (Lipinski definition) is 3. The molecule has 10 rings (SSSR count). The van der Waals surface area contributed by atoms with Gasteiger partial charge in [-0.3, -0.25) is 18.5 Å². The first-order chi connectivity index (χ1) is 33.1. The SMILES string of the molecule is O=P(O)(OCCS(=O)(=O)c1ccc2ccc3cccc4ccc1c2c34)OP(=O)(O)OP(=O)(O)OC[C@H]1O[C@@H](n2cnc3c(N(c4ccccc4)c4ccccc4)ncnc32)C[C@H]1Oc1ccccc1. The lowest BCUT2D eigenvalue weighted by Crippen LogP contribution is -2.31. The first-order valence-electron chi connectivity index (χ1n) is 21.2. The van der Waals surface area contributed by atoms with Gasteiger partial charge in [0.05, 0.1) is 30.2 Å². The zero-order chi connectivity index (χ0) is 48.0. The van der Waals surface area contributed by atoms with Crippen LogP contribution in [0.5, 0.6) is 5.75 Å². The molecule has 9 aromatic rings. The molecule has 1 aliphatic heterocycles. The first-order valence-corrected chi connectivity index (χ1v) is 27.3. The molecule has 3 heterocycles. The fourth-order valence-corrected chi connectivity index (χ4v) is 13.4. The summed E-state index contributed by atoms with van der Waals surface area (Å²) in [6.07, 6.45) is 0.200. The minimum Gasteiger partial charge on any atom is -0.487 e. The van der Waals surface area contributed by atoms with E-state index in [-0.39, 0.29) is 11.3 Å². The fraction of sp³-hybridized carbons (Fsp3) is 0.152. The normalized spacial score (nSPS) is 19.1. The largest absolute Gasteiger partial charge is 0.490 e. The molecular weight excluding hydrogens is 972 g/mol. The van der Waals surface area contributed by atoms with Crippen LogP contribution in [0.2, 0.25) is 0 Å². The summed E-state index contributed by atoms with van der Waals surface area (Å²) in [5.41, 5.74) is 2.44. The number of phosphoric ester groups is 2. The zero-order valence-electron chi connectivity index (χ0n) is 35.9. The third-order valence-electron chi connectivity index (χ3n) is 11.3. The van der Waals surface area contributed by atoms with Gasteiger partial charge in [0.1, 0.15) is 30.5 Å². The Bertz CT molecular complexity index is 3520. The lowest BCUT2D eigenvalue weighted by atomic mass is 9.94. The highest BCUT2D eigenvalue weighted by Crippen LogP contribution is 2.67. The molecule has 69 heavy (non-hydrogen) atoms. The summed E-state index contributed by atoms with van der Waals surface area (Å²) >= 11 is 0. The van der Waals surface area contributed by atoms with E-state index in [9.17, 15) is 36.8 Å². The number of sulfone groups is 1. The lowest BCUT2D eigenvalue weighted by Gasteiger charge is -2.24. The Morgan fingerprint density at radius 1 is 0.667 bits per heavy atom. The van der Waals surface area contributed by atoms with Crippen LogP contribution in [0.25, 0.3) is 43.5 Å². The van der Waals surface area contributed by atoms with Gasteiger partial charge >= 0.3 is 23.5 Å². The Morgan fingerprint density at radius 2 is 1.26 bits per heavy atom. The summed E-state index contributed by atoms with van der Waals surface area (Å²) in [6.45, 7) is -1.75. The number of rotatable bonds is 18. The Kier molecular flexibility index (Phi) is 12.7. The monoisotopic (exact) mass is 1010 g/mol. The van der Waals surface area contributed by atoms with Crippen LogP contribution in [-0.4, -0.2) is 73.8 Å². The van der Waals surface area contributed by atoms with Gasteiger partial charge in [0, 0.05) is 23.2 Å². The quantitative estimate of drug-likeness (QED) is 0.0534. The number of anilines is 3. The van der Waals surface area contributed by atoms with Crippen molar-refractivity contribution in [1.82, 2.24) is 19.5 Å². The first kappa shape index (κ1) is 46.8. The van der Waals surface area contributed by atoms with E-state index in [1.54, 1.807) is 53.1 Å². The van der Waals surface area contributed by atoms with E-state index in [0.717, 1.165) is 38.3 Å². The van der Waals surface area contributed by atoms with Crippen molar-refractivity contribution in [2.24, 2.45) is 0 Å². The van der Waals surface area contributed by atoms with Gasteiger partial charge in [0.15, 0.2) is 26.8 Å². The van der Waals surface area contributed by atoms with Crippen molar-refractivity contribution >= 4 is 94.0 Å². The maximum absolute atomic E-state index is 13.6. The predicted molar refractivity (Wildman–Crippen MR) is 255 cm³/mol. The molecule has 7 aromatic carbocycles. The van der Waals surface area contributed by atoms with Crippen molar-refractivity contribution in [2.45, 2.75) is 29.8 Å². The highest BCUT2D eigenvalue weighted by atomic mass is 32.2. The van der Waals surface area contributed by atoms with E-state index in [2.05, 4.69) is 23.6 Å². The Labute approximate surface area is 393 Å². The van der Waals surface area contributed by atoms with Gasteiger partial charge in [-0.15, -0.1) is 0 Å². The number of hydrogen-bond acceptors (Lipinski definition) is 15. The summed E-state index contributed by atoms with van der Waals surface area (Å²) in [4.78, 5) is 47.0.